The van der Waals surface area contributed by atoms with E-state index in [0.717, 1.165) is 54.6 Å². The molecule has 5 nitrogen and oxygen atoms in total. The second kappa shape index (κ2) is 12.3. The van der Waals surface area contributed by atoms with E-state index in [1.807, 2.05) is 32.0 Å². The Balaban J connectivity index is 1.38. The number of amides is 1. The molecule has 0 spiro atoms. The highest BCUT2D eigenvalue weighted by Crippen LogP contribution is 2.20. The molecule has 3 rings (SSSR count). The van der Waals surface area contributed by atoms with Gasteiger partial charge < -0.3 is 14.6 Å². The number of rotatable bonds is 13. The zero-order valence-electron chi connectivity index (χ0n) is 19.8. The molecule has 0 saturated carbocycles. The third kappa shape index (κ3) is 6.84. The van der Waals surface area contributed by atoms with Gasteiger partial charge in [0, 0.05) is 19.5 Å². The summed E-state index contributed by atoms with van der Waals surface area (Å²) < 4.78 is 8.07. The molecule has 1 N–H and O–H groups in total. The minimum Gasteiger partial charge on any atom is -0.483 e. The molecule has 0 unspecified atom stereocenters. The highest BCUT2D eigenvalue weighted by atomic mass is 16.5. The minimum atomic E-state index is -0.0661. The second-order valence-corrected chi connectivity index (χ2v) is 8.59. The van der Waals surface area contributed by atoms with Crippen LogP contribution in [0.15, 0.2) is 42.5 Å². The first-order valence-corrected chi connectivity index (χ1v) is 12.0. The first-order valence-electron chi connectivity index (χ1n) is 12.0. The number of aryl methyl sites for hydroxylation is 4. The molecule has 0 aliphatic rings. The molecule has 5 heteroatoms. The Labute approximate surface area is 192 Å². The molecule has 1 amide bonds. The van der Waals surface area contributed by atoms with Crippen LogP contribution < -0.4 is 10.1 Å². The van der Waals surface area contributed by atoms with Crippen molar-refractivity contribution in [2.45, 2.75) is 72.3 Å². The van der Waals surface area contributed by atoms with Crippen molar-refractivity contribution in [2.75, 3.05) is 13.2 Å². The summed E-state index contributed by atoms with van der Waals surface area (Å²) in [5.74, 6) is 1.90. The molecule has 0 aliphatic carbocycles. The molecule has 0 radical (unpaired) electrons. The van der Waals surface area contributed by atoms with Gasteiger partial charge in [-0.1, -0.05) is 50.5 Å². The molecule has 0 saturated heterocycles. The number of carbonyl (C=O) groups excluding carboxylic acids is 1. The molecule has 172 valence electrons. The fourth-order valence-corrected chi connectivity index (χ4v) is 3.96. The van der Waals surface area contributed by atoms with Crippen molar-refractivity contribution < 1.29 is 9.53 Å². The Hall–Kier alpha value is -2.82. The van der Waals surface area contributed by atoms with Gasteiger partial charge in [-0.2, -0.15) is 0 Å². The van der Waals surface area contributed by atoms with Gasteiger partial charge >= 0.3 is 0 Å². The highest BCUT2D eigenvalue weighted by Gasteiger charge is 2.10. The maximum Gasteiger partial charge on any atom is 0.257 e. The number of para-hydroxylation sites is 2. The third-order valence-corrected chi connectivity index (χ3v) is 5.82. The van der Waals surface area contributed by atoms with Crippen molar-refractivity contribution in [1.82, 2.24) is 14.9 Å². The molecular weight excluding hydrogens is 398 g/mol. The number of imidazole rings is 1. The third-order valence-electron chi connectivity index (χ3n) is 5.82. The van der Waals surface area contributed by atoms with Crippen molar-refractivity contribution in [2.24, 2.45) is 0 Å². The lowest BCUT2D eigenvalue weighted by atomic mass is 10.1. The molecule has 2 aromatic carbocycles. The summed E-state index contributed by atoms with van der Waals surface area (Å²) in [4.78, 5) is 17.0. The molecule has 0 aliphatic heterocycles. The van der Waals surface area contributed by atoms with Gasteiger partial charge in [-0.3, -0.25) is 4.79 Å². The summed E-state index contributed by atoms with van der Waals surface area (Å²) >= 11 is 0. The summed E-state index contributed by atoms with van der Waals surface area (Å²) in [7, 11) is 0. The molecular formula is C27H37N3O2. The molecule has 0 fully saturated rings. The lowest BCUT2D eigenvalue weighted by Gasteiger charge is -2.11. The van der Waals surface area contributed by atoms with E-state index >= 15 is 0 Å². The molecule has 1 heterocycles. The van der Waals surface area contributed by atoms with Gasteiger partial charge in [0.05, 0.1) is 11.0 Å². The summed E-state index contributed by atoms with van der Waals surface area (Å²) in [5, 5.41) is 2.97. The van der Waals surface area contributed by atoms with E-state index in [1.165, 1.54) is 30.6 Å². The van der Waals surface area contributed by atoms with Gasteiger partial charge in [-0.05, 0) is 62.4 Å². The molecule has 0 atom stereocenters. The maximum absolute atomic E-state index is 12.1. The van der Waals surface area contributed by atoms with Crippen molar-refractivity contribution in [1.29, 1.82) is 0 Å². The van der Waals surface area contributed by atoms with E-state index in [2.05, 4.69) is 41.1 Å². The number of nitrogens with zero attached hydrogens (tertiary/aromatic N) is 2. The lowest BCUT2D eigenvalue weighted by molar-refractivity contribution is -0.123. The van der Waals surface area contributed by atoms with E-state index in [1.54, 1.807) is 0 Å². The number of carbonyl (C=O) groups is 1. The lowest BCUT2D eigenvalue weighted by Crippen LogP contribution is -2.29. The van der Waals surface area contributed by atoms with E-state index in [-0.39, 0.29) is 12.5 Å². The largest absolute Gasteiger partial charge is 0.483 e. The average molecular weight is 436 g/mol. The van der Waals surface area contributed by atoms with Crippen LogP contribution in [0.4, 0.5) is 0 Å². The van der Waals surface area contributed by atoms with Crippen LogP contribution in [0.25, 0.3) is 11.0 Å². The molecule has 0 bridgehead atoms. The van der Waals surface area contributed by atoms with E-state index < -0.39 is 0 Å². The topological polar surface area (TPSA) is 56.2 Å². The van der Waals surface area contributed by atoms with Crippen LogP contribution in [0, 0.1) is 13.8 Å². The van der Waals surface area contributed by atoms with Crippen LogP contribution in [0.3, 0.4) is 0 Å². The second-order valence-electron chi connectivity index (χ2n) is 8.59. The number of fused-ring (bicyclic) bond motifs is 1. The van der Waals surface area contributed by atoms with Crippen LogP contribution in [0.5, 0.6) is 5.75 Å². The minimum absolute atomic E-state index is 0.0616. The van der Waals surface area contributed by atoms with Crippen molar-refractivity contribution in [3.63, 3.8) is 0 Å². The van der Waals surface area contributed by atoms with Crippen LogP contribution >= 0.6 is 0 Å². The predicted octanol–water partition coefficient (Wildman–Crippen LogP) is 5.75. The molecule has 32 heavy (non-hydrogen) atoms. The summed E-state index contributed by atoms with van der Waals surface area (Å²) in [5.41, 5.74) is 4.51. The Morgan fingerprint density at radius 1 is 1.03 bits per heavy atom. The number of hydrogen-bond donors (Lipinski definition) is 1. The van der Waals surface area contributed by atoms with Crippen LogP contribution in [0.2, 0.25) is 0 Å². The maximum atomic E-state index is 12.1. The van der Waals surface area contributed by atoms with Crippen LogP contribution in [0.1, 0.15) is 62.4 Å². The number of unbranched alkanes of at least 4 members (excludes halogenated alkanes) is 4. The monoisotopic (exact) mass is 435 g/mol. The first-order chi connectivity index (χ1) is 15.6. The average Bonchev–Trinajstić information content (AvgIpc) is 3.14. The summed E-state index contributed by atoms with van der Waals surface area (Å²) in [6.45, 7) is 8.03. The van der Waals surface area contributed by atoms with Gasteiger partial charge in [0.15, 0.2) is 6.61 Å². The van der Waals surface area contributed by atoms with E-state index in [9.17, 15) is 4.79 Å². The fourth-order valence-electron chi connectivity index (χ4n) is 3.96. The zero-order chi connectivity index (χ0) is 22.8. The Bertz CT molecular complexity index is 1010. The smallest absolute Gasteiger partial charge is 0.257 e. The normalized spacial score (nSPS) is 11.1. The molecule has 1 aromatic heterocycles. The number of hydrogen-bond acceptors (Lipinski definition) is 3. The fraction of sp³-hybridized carbons (Fsp3) is 0.481. The van der Waals surface area contributed by atoms with Crippen molar-refractivity contribution >= 4 is 16.9 Å². The number of benzene rings is 2. The number of aromatic nitrogens is 2. The predicted molar refractivity (Wildman–Crippen MR) is 131 cm³/mol. The number of ether oxygens (including phenoxy) is 1. The standard InChI is InChI=1S/C27H37N3O2/c1-4-5-11-18-30-24-13-9-8-12-23(24)29-26(30)14-7-6-10-17-28-27(31)20-32-25-19-21(2)15-16-22(25)3/h8-9,12-13,15-16,19H,4-7,10-11,14,17-18,20H2,1-3H3,(H,28,31). The van der Waals surface area contributed by atoms with Crippen LogP contribution in [-0.4, -0.2) is 28.6 Å². The van der Waals surface area contributed by atoms with Crippen molar-refractivity contribution in [3.8, 4) is 5.75 Å². The van der Waals surface area contributed by atoms with Gasteiger partial charge in [0.1, 0.15) is 11.6 Å². The van der Waals surface area contributed by atoms with Gasteiger partial charge in [0.25, 0.3) is 5.91 Å². The summed E-state index contributed by atoms with van der Waals surface area (Å²) in [6, 6.07) is 14.5. The highest BCUT2D eigenvalue weighted by molar-refractivity contribution is 5.77. The number of nitrogens with one attached hydrogen (secondary N) is 1. The molecule has 3 aromatic rings. The SMILES string of the molecule is CCCCCn1c(CCCCCNC(=O)COc2cc(C)ccc2C)nc2ccccc21. The first kappa shape index (κ1) is 23.8. The van der Waals surface area contributed by atoms with E-state index in [0.29, 0.717) is 6.54 Å². The Kier molecular flexibility index (Phi) is 9.14. The zero-order valence-corrected chi connectivity index (χ0v) is 19.8. The van der Waals surface area contributed by atoms with Crippen molar-refractivity contribution in [3.05, 3.63) is 59.4 Å². The van der Waals surface area contributed by atoms with Gasteiger partial charge in [0.2, 0.25) is 0 Å². The quantitative estimate of drug-likeness (QED) is 0.348. The van der Waals surface area contributed by atoms with Crippen LogP contribution in [-0.2, 0) is 17.8 Å². The Morgan fingerprint density at radius 2 is 1.88 bits per heavy atom. The van der Waals surface area contributed by atoms with Gasteiger partial charge in [-0.15, -0.1) is 0 Å². The van der Waals surface area contributed by atoms with Gasteiger partial charge in [-0.25, -0.2) is 4.98 Å². The van der Waals surface area contributed by atoms with E-state index in [4.69, 9.17) is 9.72 Å². The summed E-state index contributed by atoms with van der Waals surface area (Å²) in [6.07, 6.45) is 7.75. The Morgan fingerprint density at radius 3 is 2.72 bits per heavy atom.